The van der Waals surface area contributed by atoms with Gasteiger partial charge in [-0.25, -0.2) is 0 Å². The minimum Gasteiger partial charge on any atom is -0.456 e. The SMILES string of the molecule is c1ccc2c(c1)oc1ccc3oc4cc(-c5c6ccccc6c(-c6cccc7c6sc6ccccc67)c6ccccc56)ccc4c3c12. The van der Waals surface area contributed by atoms with Gasteiger partial charge in [-0.3, -0.25) is 0 Å². The second kappa shape index (κ2) is 9.32. The third-order valence-electron chi connectivity index (χ3n) is 9.87. The zero-order valence-electron chi connectivity index (χ0n) is 25.1. The Morgan fingerprint density at radius 3 is 1.64 bits per heavy atom. The van der Waals surface area contributed by atoms with Crippen molar-refractivity contribution in [3.8, 4) is 22.3 Å². The summed E-state index contributed by atoms with van der Waals surface area (Å²) in [5.74, 6) is 0. The van der Waals surface area contributed by atoms with Gasteiger partial charge in [0.25, 0.3) is 0 Å². The summed E-state index contributed by atoms with van der Waals surface area (Å²) in [6.45, 7) is 0. The average molecular weight is 617 g/mol. The Labute approximate surface area is 272 Å². The predicted octanol–water partition coefficient (Wildman–Crippen LogP) is 13.5. The topological polar surface area (TPSA) is 26.3 Å². The van der Waals surface area contributed by atoms with Crippen molar-refractivity contribution >= 4 is 96.9 Å². The molecule has 3 heteroatoms. The molecule has 0 amide bonds. The Hall–Kier alpha value is -5.90. The highest BCUT2D eigenvalue weighted by atomic mass is 32.1. The van der Waals surface area contributed by atoms with E-state index in [4.69, 9.17) is 8.83 Å². The van der Waals surface area contributed by atoms with Crippen LogP contribution in [0.25, 0.3) is 108 Å². The minimum absolute atomic E-state index is 0.873. The van der Waals surface area contributed by atoms with Crippen LogP contribution in [0.1, 0.15) is 0 Å². The van der Waals surface area contributed by atoms with E-state index >= 15 is 0 Å². The monoisotopic (exact) mass is 616 g/mol. The number of furan rings is 2. The molecule has 0 aliphatic heterocycles. The van der Waals surface area contributed by atoms with E-state index in [1.165, 1.54) is 58.4 Å². The molecule has 0 aliphatic carbocycles. The first kappa shape index (κ1) is 25.3. The van der Waals surface area contributed by atoms with E-state index < -0.39 is 0 Å². The maximum absolute atomic E-state index is 6.59. The molecule has 0 bridgehead atoms. The van der Waals surface area contributed by atoms with Gasteiger partial charge in [0.05, 0.1) is 0 Å². The van der Waals surface area contributed by atoms with E-state index in [9.17, 15) is 0 Å². The van der Waals surface area contributed by atoms with Crippen LogP contribution >= 0.6 is 11.3 Å². The van der Waals surface area contributed by atoms with Gasteiger partial charge >= 0.3 is 0 Å². The average Bonchev–Trinajstić information content (AvgIpc) is 3.81. The van der Waals surface area contributed by atoms with Crippen molar-refractivity contribution in [1.29, 1.82) is 0 Å². The molecule has 0 spiro atoms. The Balaban J connectivity index is 1.22. The van der Waals surface area contributed by atoms with Crippen LogP contribution in [0, 0.1) is 0 Å². The minimum atomic E-state index is 0.873. The van der Waals surface area contributed by atoms with E-state index in [0.29, 0.717) is 0 Å². The van der Waals surface area contributed by atoms with Gasteiger partial charge in [0.1, 0.15) is 22.3 Å². The van der Waals surface area contributed by atoms with Gasteiger partial charge in [0, 0.05) is 47.3 Å². The molecule has 11 rings (SSSR count). The first-order valence-electron chi connectivity index (χ1n) is 15.9. The molecule has 0 atom stereocenters. The van der Waals surface area contributed by atoms with Crippen LogP contribution in [0.15, 0.2) is 154 Å². The molecule has 0 unspecified atom stereocenters. The molecule has 2 nitrogen and oxygen atoms in total. The molecule has 0 saturated heterocycles. The summed E-state index contributed by atoms with van der Waals surface area (Å²) in [6, 6.07) is 52.3. The van der Waals surface area contributed by atoms with E-state index in [0.717, 1.165) is 49.4 Å². The zero-order valence-corrected chi connectivity index (χ0v) is 25.9. The third-order valence-corrected chi connectivity index (χ3v) is 11.1. The highest BCUT2D eigenvalue weighted by molar-refractivity contribution is 7.26. The van der Waals surface area contributed by atoms with E-state index in [-0.39, 0.29) is 0 Å². The molecule has 0 saturated carbocycles. The van der Waals surface area contributed by atoms with Gasteiger partial charge in [0.2, 0.25) is 0 Å². The van der Waals surface area contributed by atoms with Crippen molar-refractivity contribution in [2.75, 3.05) is 0 Å². The fourth-order valence-electron chi connectivity index (χ4n) is 7.91. The van der Waals surface area contributed by atoms with E-state index in [1.54, 1.807) is 0 Å². The maximum atomic E-state index is 6.59. The standard InChI is InChI=1S/C44H24O2S/c1-3-13-29-27(11-1)40(25-20-21-33-38(24-25)46-37-23-22-36-42(43(33)37)32-15-5-7-18-35(32)45-36)28-12-2-4-14-30(28)41(29)34-17-9-16-31-26-10-6-8-19-39(26)47-44(31)34/h1-24H. The third kappa shape index (κ3) is 3.44. The van der Waals surface area contributed by atoms with E-state index in [1.807, 2.05) is 35.6 Å². The molecule has 8 aromatic carbocycles. The number of para-hydroxylation sites is 1. The molecular weight excluding hydrogens is 593 g/mol. The normalized spacial score (nSPS) is 12.3. The fraction of sp³-hybridized carbons (Fsp3) is 0. The number of thiophene rings is 1. The summed E-state index contributed by atoms with van der Waals surface area (Å²) in [5.41, 5.74) is 8.47. The highest BCUT2D eigenvalue weighted by Crippen LogP contribution is 2.48. The lowest BCUT2D eigenvalue weighted by Gasteiger charge is -2.18. The highest BCUT2D eigenvalue weighted by Gasteiger charge is 2.21. The van der Waals surface area contributed by atoms with Crippen LogP contribution in [0.2, 0.25) is 0 Å². The quantitative estimate of drug-likeness (QED) is 0.181. The van der Waals surface area contributed by atoms with Crippen LogP contribution in [0.5, 0.6) is 0 Å². The van der Waals surface area contributed by atoms with Crippen molar-refractivity contribution in [3.63, 3.8) is 0 Å². The number of fused-ring (bicyclic) bond motifs is 12. The van der Waals surface area contributed by atoms with E-state index in [2.05, 4.69) is 121 Å². The lowest BCUT2D eigenvalue weighted by molar-refractivity contribution is 0.663. The van der Waals surface area contributed by atoms with Gasteiger partial charge in [-0.2, -0.15) is 0 Å². The molecule has 0 radical (unpaired) electrons. The second-order valence-electron chi connectivity index (χ2n) is 12.3. The lowest BCUT2D eigenvalue weighted by Crippen LogP contribution is -1.91. The van der Waals surface area contributed by atoms with Gasteiger partial charge in [-0.1, -0.05) is 109 Å². The molecular formula is C44H24O2S. The van der Waals surface area contributed by atoms with Crippen molar-refractivity contribution in [2.45, 2.75) is 0 Å². The molecule has 3 aromatic heterocycles. The lowest BCUT2D eigenvalue weighted by atomic mass is 9.85. The van der Waals surface area contributed by atoms with Gasteiger partial charge in [-0.15, -0.1) is 11.3 Å². The molecule has 0 aliphatic rings. The molecule has 47 heavy (non-hydrogen) atoms. The number of benzene rings is 8. The van der Waals surface area contributed by atoms with Crippen molar-refractivity contribution in [3.05, 3.63) is 146 Å². The maximum Gasteiger partial charge on any atom is 0.136 e. The van der Waals surface area contributed by atoms with Crippen molar-refractivity contribution in [1.82, 2.24) is 0 Å². The van der Waals surface area contributed by atoms with Crippen LogP contribution in [0.4, 0.5) is 0 Å². The van der Waals surface area contributed by atoms with Crippen LogP contribution in [0.3, 0.4) is 0 Å². The summed E-state index contributed by atoms with van der Waals surface area (Å²) < 4.78 is 15.5. The molecule has 11 aromatic rings. The summed E-state index contributed by atoms with van der Waals surface area (Å²) in [7, 11) is 0. The van der Waals surface area contributed by atoms with Crippen molar-refractivity contribution < 1.29 is 8.83 Å². The zero-order chi connectivity index (χ0) is 30.6. The van der Waals surface area contributed by atoms with Crippen LogP contribution in [-0.2, 0) is 0 Å². The first-order valence-corrected chi connectivity index (χ1v) is 16.7. The summed E-state index contributed by atoms with van der Waals surface area (Å²) in [5, 5.41) is 12.0. The predicted molar refractivity (Wildman–Crippen MR) is 200 cm³/mol. The van der Waals surface area contributed by atoms with Gasteiger partial charge < -0.3 is 8.83 Å². The van der Waals surface area contributed by atoms with Crippen molar-refractivity contribution in [2.24, 2.45) is 0 Å². The summed E-state index contributed by atoms with van der Waals surface area (Å²) >= 11 is 1.89. The fourth-order valence-corrected chi connectivity index (χ4v) is 9.13. The molecule has 218 valence electrons. The Morgan fingerprint density at radius 1 is 0.362 bits per heavy atom. The Bertz CT molecular complexity index is 3020. The number of hydrogen-bond acceptors (Lipinski definition) is 3. The first-order chi connectivity index (χ1) is 23.3. The van der Waals surface area contributed by atoms with Gasteiger partial charge in [0.15, 0.2) is 0 Å². The molecule has 0 N–H and O–H groups in total. The summed E-state index contributed by atoms with van der Waals surface area (Å²) in [6.07, 6.45) is 0. The smallest absolute Gasteiger partial charge is 0.136 e. The second-order valence-corrected chi connectivity index (χ2v) is 13.4. The largest absolute Gasteiger partial charge is 0.456 e. The van der Waals surface area contributed by atoms with Gasteiger partial charge in [-0.05, 0) is 74.6 Å². The summed E-state index contributed by atoms with van der Waals surface area (Å²) in [4.78, 5) is 0. The molecule has 0 fully saturated rings. The Kier molecular flexibility index (Phi) is 5.02. The number of rotatable bonds is 2. The Morgan fingerprint density at radius 2 is 0.915 bits per heavy atom. The van der Waals surface area contributed by atoms with Crippen LogP contribution < -0.4 is 0 Å². The number of hydrogen-bond donors (Lipinski definition) is 0. The van der Waals surface area contributed by atoms with Crippen LogP contribution in [-0.4, -0.2) is 0 Å². The molecule has 3 heterocycles.